The van der Waals surface area contributed by atoms with Crippen molar-refractivity contribution in [3.63, 3.8) is 0 Å². The molecule has 0 spiro atoms. The van der Waals surface area contributed by atoms with Gasteiger partial charge in [-0.25, -0.2) is 0 Å². The van der Waals surface area contributed by atoms with Gasteiger partial charge in [-0.1, -0.05) is 42.5 Å². The average molecular weight is 384 g/mol. The van der Waals surface area contributed by atoms with Crippen LogP contribution in [0.1, 0.15) is 18.4 Å². The molecule has 0 aliphatic rings. The van der Waals surface area contributed by atoms with E-state index >= 15 is 0 Å². The van der Waals surface area contributed by atoms with E-state index in [1.54, 1.807) is 7.11 Å². The lowest BCUT2D eigenvalue weighted by atomic mass is 10.1. The summed E-state index contributed by atoms with van der Waals surface area (Å²) in [5.74, 6) is 0.863. The molecular weight excluding hydrogens is 356 g/mol. The topological polar surface area (TPSA) is 25.1 Å². The number of pyridine rings is 1. The number of hydrogen-bond acceptors (Lipinski definition) is 2. The van der Waals surface area contributed by atoms with E-state index in [9.17, 15) is 0 Å². The number of anilines is 2. The Labute approximate surface area is 172 Å². The average Bonchev–Trinajstić information content (AvgIpc) is 2.78. The van der Waals surface area contributed by atoms with E-state index in [0.717, 1.165) is 36.5 Å². The smallest absolute Gasteiger partial charge is 0.212 e. The number of methoxy groups -OCH3 is 1. The maximum atomic E-state index is 5.25. The molecule has 4 rings (SSSR count). The second kappa shape index (κ2) is 9.24. The van der Waals surface area contributed by atoms with Gasteiger partial charge in [0.05, 0.1) is 7.11 Å². The summed E-state index contributed by atoms with van der Waals surface area (Å²) in [4.78, 5) is 0. The van der Waals surface area contributed by atoms with Crippen molar-refractivity contribution in [2.75, 3.05) is 12.4 Å². The van der Waals surface area contributed by atoms with E-state index in [1.165, 1.54) is 22.9 Å². The minimum atomic E-state index is 0.863. The first kappa shape index (κ1) is 19.0. The second-order valence-corrected chi connectivity index (χ2v) is 7.28. The van der Waals surface area contributed by atoms with Crippen molar-refractivity contribution in [2.24, 2.45) is 0 Å². The Morgan fingerprint density at radius 1 is 0.793 bits per heavy atom. The first-order chi connectivity index (χ1) is 14.3. The first-order valence-corrected chi connectivity index (χ1v) is 10.2. The van der Waals surface area contributed by atoms with E-state index in [1.807, 2.05) is 24.3 Å². The minimum Gasteiger partial charge on any atom is -0.497 e. The molecule has 1 aromatic heterocycles. The Morgan fingerprint density at radius 3 is 2.34 bits per heavy atom. The lowest BCUT2D eigenvalue weighted by Gasteiger charge is -2.09. The van der Waals surface area contributed by atoms with E-state index < -0.39 is 0 Å². The quantitative estimate of drug-likeness (QED) is 0.303. The van der Waals surface area contributed by atoms with Gasteiger partial charge in [-0.3, -0.25) is 0 Å². The zero-order valence-corrected chi connectivity index (χ0v) is 16.8. The third-order valence-corrected chi connectivity index (χ3v) is 5.19. The summed E-state index contributed by atoms with van der Waals surface area (Å²) in [6, 6.07) is 29.5. The summed E-state index contributed by atoms with van der Waals surface area (Å²) in [5.41, 5.74) is 4.83. The standard InChI is InChI=1S/C26H27N2O/c1-29-25-16-14-23(15-17-25)27-24-19-22-12-5-6-13-26(22)28(20-24)18-8-7-11-21-9-3-2-4-10-21/h2-6,9-10,12-17,19-20,27H,7-8,11,18H2,1H3/q+1. The molecule has 0 aliphatic carbocycles. The number of para-hydroxylation sites is 1. The fraction of sp³-hybridized carbons (Fsp3) is 0.192. The highest BCUT2D eigenvalue weighted by Gasteiger charge is 2.11. The zero-order valence-electron chi connectivity index (χ0n) is 16.8. The van der Waals surface area contributed by atoms with Gasteiger partial charge in [0.25, 0.3) is 0 Å². The maximum absolute atomic E-state index is 5.25. The zero-order chi connectivity index (χ0) is 19.9. The molecule has 0 unspecified atom stereocenters. The van der Waals surface area contributed by atoms with Crippen LogP contribution in [0.4, 0.5) is 11.4 Å². The molecule has 3 heteroatoms. The summed E-state index contributed by atoms with van der Waals surface area (Å²) in [6.45, 7) is 1.01. The molecule has 0 atom stereocenters. The predicted octanol–water partition coefficient (Wildman–Crippen LogP) is 5.90. The summed E-state index contributed by atoms with van der Waals surface area (Å²) in [6.07, 6.45) is 5.68. The van der Waals surface area contributed by atoms with Gasteiger partial charge in [-0.05, 0) is 54.8 Å². The molecule has 3 nitrogen and oxygen atoms in total. The summed E-state index contributed by atoms with van der Waals surface area (Å²) < 4.78 is 7.62. The van der Waals surface area contributed by atoms with Crippen LogP contribution in [-0.2, 0) is 13.0 Å². The van der Waals surface area contributed by atoms with Crippen LogP contribution in [0, 0.1) is 0 Å². The van der Waals surface area contributed by atoms with Crippen molar-refractivity contribution in [1.82, 2.24) is 0 Å². The Kier molecular flexibility index (Phi) is 6.06. The molecular formula is C26H27N2O+. The van der Waals surface area contributed by atoms with Crippen LogP contribution >= 0.6 is 0 Å². The van der Waals surface area contributed by atoms with Gasteiger partial charge in [-0.2, -0.15) is 4.57 Å². The van der Waals surface area contributed by atoms with Crippen molar-refractivity contribution in [2.45, 2.75) is 25.8 Å². The molecule has 1 heterocycles. The van der Waals surface area contributed by atoms with E-state index in [0.29, 0.717) is 0 Å². The molecule has 3 aromatic carbocycles. The van der Waals surface area contributed by atoms with Gasteiger partial charge in [0.1, 0.15) is 18.0 Å². The van der Waals surface area contributed by atoms with E-state index in [4.69, 9.17) is 4.74 Å². The van der Waals surface area contributed by atoms with Crippen molar-refractivity contribution in [3.8, 4) is 5.75 Å². The molecule has 0 saturated heterocycles. The van der Waals surface area contributed by atoms with E-state index in [-0.39, 0.29) is 0 Å². The second-order valence-electron chi connectivity index (χ2n) is 7.28. The minimum absolute atomic E-state index is 0.863. The van der Waals surface area contributed by atoms with Crippen molar-refractivity contribution in [3.05, 3.63) is 96.7 Å². The van der Waals surface area contributed by atoms with Gasteiger partial charge in [0, 0.05) is 23.6 Å². The van der Waals surface area contributed by atoms with Crippen molar-refractivity contribution >= 4 is 22.3 Å². The Bertz CT molecular complexity index is 1060. The van der Waals surface area contributed by atoms with Gasteiger partial charge in [-0.15, -0.1) is 0 Å². The fourth-order valence-electron chi connectivity index (χ4n) is 3.66. The van der Waals surface area contributed by atoms with Crippen LogP contribution < -0.4 is 14.6 Å². The number of nitrogens with zero attached hydrogens (tertiary/aromatic N) is 1. The molecule has 0 radical (unpaired) electrons. The molecule has 4 aromatic rings. The lowest BCUT2D eigenvalue weighted by molar-refractivity contribution is -0.671. The predicted molar refractivity (Wildman–Crippen MR) is 120 cm³/mol. The van der Waals surface area contributed by atoms with Gasteiger partial charge < -0.3 is 10.1 Å². The normalized spacial score (nSPS) is 10.8. The molecule has 1 N–H and O–H groups in total. The van der Waals surface area contributed by atoms with Crippen LogP contribution in [-0.4, -0.2) is 7.11 Å². The monoisotopic (exact) mass is 383 g/mol. The van der Waals surface area contributed by atoms with Crippen molar-refractivity contribution in [1.29, 1.82) is 0 Å². The number of fused-ring (bicyclic) bond motifs is 1. The number of ether oxygens (including phenoxy) is 1. The van der Waals surface area contributed by atoms with Gasteiger partial charge in [0.15, 0.2) is 6.20 Å². The van der Waals surface area contributed by atoms with Crippen LogP contribution in [0.3, 0.4) is 0 Å². The fourth-order valence-corrected chi connectivity index (χ4v) is 3.66. The largest absolute Gasteiger partial charge is 0.497 e. The third kappa shape index (κ3) is 4.94. The molecule has 0 fully saturated rings. The highest BCUT2D eigenvalue weighted by atomic mass is 16.5. The van der Waals surface area contributed by atoms with Crippen LogP contribution in [0.5, 0.6) is 5.75 Å². The number of aryl methyl sites for hydroxylation is 2. The molecule has 0 bridgehead atoms. The molecule has 0 saturated carbocycles. The highest BCUT2D eigenvalue weighted by Crippen LogP contribution is 2.22. The van der Waals surface area contributed by atoms with Crippen LogP contribution in [0.25, 0.3) is 10.9 Å². The summed E-state index contributed by atoms with van der Waals surface area (Å²) in [7, 11) is 1.69. The molecule has 146 valence electrons. The number of nitrogens with one attached hydrogen (secondary N) is 1. The highest BCUT2D eigenvalue weighted by molar-refractivity contribution is 5.79. The Hall–Kier alpha value is -3.33. The van der Waals surface area contributed by atoms with Crippen LogP contribution in [0.15, 0.2) is 91.1 Å². The number of rotatable bonds is 8. The molecule has 0 amide bonds. The van der Waals surface area contributed by atoms with Crippen molar-refractivity contribution < 1.29 is 9.30 Å². The summed E-state index contributed by atoms with van der Waals surface area (Å²) in [5, 5.41) is 4.77. The third-order valence-electron chi connectivity index (χ3n) is 5.19. The SMILES string of the molecule is COc1ccc(Nc2cc3ccccc3[n+](CCCCc3ccccc3)c2)cc1. The summed E-state index contributed by atoms with van der Waals surface area (Å²) >= 11 is 0. The number of benzene rings is 3. The first-order valence-electron chi connectivity index (χ1n) is 10.2. The lowest BCUT2D eigenvalue weighted by Crippen LogP contribution is -2.34. The number of unbranched alkanes of at least 4 members (excludes halogenated alkanes) is 1. The van der Waals surface area contributed by atoms with Gasteiger partial charge in [0.2, 0.25) is 5.52 Å². The number of aromatic nitrogens is 1. The van der Waals surface area contributed by atoms with Crippen LogP contribution in [0.2, 0.25) is 0 Å². The van der Waals surface area contributed by atoms with Gasteiger partial charge >= 0.3 is 0 Å². The Balaban J connectivity index is 1.49. The maximum Gasteiger partial charge on any atom is 0.212 e. The Morgan fingerprint density at radius 2 is 1.55 bits per heavy atom. The molecule has 0 aliphatic heterocycles. The number of hydrogen-bond donors (Lipinski definition) is 1. The van der Waals surface area contributed by atoms with E-state index in [2.05, 4.69) is 76.7 Å². The molecule has 29 heavy (non-hydrogen) atoms.